The van der Waals surface area contributed by atoms with Crippen molar-refractivity contribution in [2.45, 2.75) is 32.7 Å². The lowest BCUT2D eigenvalue weighted by atomic mass is 9.91. The molecule has 0 aliphatic rings. The minimum absolute atomic E-state index is 0.00739. The Bertz CT molecular complexity index is 311. The van der Waals surface area contributed by atoms with E-state index in [0.717, 1.165) is 0 Å². The van der Waals surface area contributed by atoms with Gasteiger partial charge in [-0.2, -0.15) is 0 Å². The van der Waals surface area contributed by atoms with Crippen molar-refractivity contribution in [2.75, 3.05) is 6.61 Å². The van der Waals surface area contributed by atoms with Gasteiger partial charge >= 0.3 is 5.97 Å². The average molecular weight is 227 g/mol. The average Bonchev–Trinajstić information content (AvgIpc) is 2.21. The zero-order valence-electron chi connectivity index (χ0n) is 9.83. The molecule has 1 atom stereocenters. The van der Waals surface area contributed by atoms with Crippen LogP contribution < -0.4 is 5.32 Å². The third-order valence-corrected chi connectivity index (χ3v) is 2.20. The lowest BCUT2D eigenvalue weighted by Crippen LogP contribution is -2.59. The molecule has 0 rings (SSSR count). The van der Waals surface area contributed by atoms with Gasteiger partial charge in [0, 0.05) is 6.92 Å². The van der Waals surface area contributed by atoms with E-state index >= 15 is 0 Å². The molecule has 0 aromatic heterocycles. The molecule has 5 nitrogen and oxygen atoms in total. The highest BCUT2D eigenvalue weighted by Gasteiger charge is 2.43. The van der Waals surface area contributed by atoms with Crippen LogP contribution in [0.15, 0.2) is 12.7 Å². The molecule has 1 N–H and O–H groups in total. The number of carbonyl (C=O) groups is 3. The number of ether oxygens (including phenoxy) is 1. The number of hydrogen-bond donors (Lipinski definition) is 1. The summed E-state index contributed by atoms with van der Waals surface area (Å²) in [6, 6.07) is 0. The first-order valence-electron chi connectivity index (χ1n) is 4.98. The van der Waals surface area contributed by atoms with Crippen LogP contribution in [-0.4, -0.2) is 29.8 Å². The van der Waals surface area contributed by atoms with Gasteiger partial charge in [0.05, 0.1) is 0 Å². The Morgan fingerprint density at radius 3 is 2.25 bits per heavy atom. The molecule has 1 unspecified atom stereocenters. The van der Waals surface area contributed by atoms with Gasteiger partial charge in [0.1, 0.15) is 6.61 Å². The van der Waals surface area contributed by atoms with Gasteiger partial charge in [-0.05, 0) is 13.3 Å². The van der Waals surface area contributed by atoms with Gasteiger partial charge in [0.15, 0.2) is 11.3 Å². The van der Waals surface area contributed by atoms with Crippen molar-refractivity contribution >= 4 is 17.7 Å². The van der Waals surface area contributed by atoms with Gasteiger partial charge in [0.25, 0.3) is 0 Å². The van der Waals surface area contributed by atoms with Crippen molar-refractivity contribution in [2.24, 2.45) is 0 Å². The van der Waals surface area contributed by atoms with Crippen LogP contribution in [0.5, 0.6) is 0 Å². The van der Waals surface area contributed by atoms with Crippen molar-refractivity contribution in [3.8, 4) is 0 Å². The van der Waals surface area contributed by atoms with Crippen molar-refractivity contribution < 1.29 is 19.1 Å². The lowest BCUT2D eigenvalue weighted by molar-refractivity contribution is -0.156. The number of carbonyl (C=O) groups excluding carboxylic acids is 3. The molecule has 0 spiro atoms. The molecule has 0 aliphatic heterocycles. The second-order valence-electron chi connectivity index (χ2n) is 3.38. The monoisotopic (exact) mass is 227 g/mol. The van der Waals surface area contributed by atoms with E-state index in [9.17, 15) is 14.4 Å². The Labute approximate surface area is 94.8 Å². The normalized spacial score (nSPS) is 13.4. The maximum atomic E-state index is 11.7. The topological polar surface area (TPSA) is 72.5 Å². The van der Waals surface area contributed by atoms with Crippen LogP contribution >= 0.6 is 0 Å². The predicted molar refractivity (Wildman–Crippen MR) is 58.7 cm³/mol. The standard InChI is InChI=1S/C11H17NO4/c1-5-7-16-10(15)11(6-2,8(3)13)12-9(4)14/h5H,1,6-7H2,2-4H3,(H,12,14). The summed E-state index contributed by atoms with van der Waals surface area (Å²) in [4.78, 5) is 34.2. The molecule has 0 saturated carbocycles. The number of esters is 1. The predicted octanol–water partition coefficient (Wildman–Crippen LogP) is 0.590. The number of nitrogens with one attached hydrogen (secondary N) is 1. The maximum Gasteiger partial charge on any atom is 0.339 e. The van der Waals surface area contributed by atoms with Gasteiger partial charge in [-0.25, -0.2) is 4.79 Å². The number of Topliss-reactive ketones (excluding diaryl/α,β-unsaturated/α-hetero) is 1. The van der Waals surface area contributed by atoms with Crippen LogP contribution in [0.1, 0.15) is 27.2 Å². The lowest BCUT2D eigenvalue weighted by Gasteiger charge is -2.27. The van der Waals surface area contributed by atoms with E-state index in [4.69, 9.17) is 4.74 Å². The summed E-state index contributed by atoms with van der Waals surface area (Å²) in [6.45, 7) is 7.52. The first-order chi connectivity index (χ1) is 7.40. The second-order valence-corrected chi connectivity index (χ2v) is 3.38. The number of rotatable bonds is 6. The van der Waals surface area contributed by atoms with E-state index in [2.05, 4.69) is 11.9 Å². The molecule has 0 aromatic rings. The summed E-state index contributed by atoms with van der Waals surface area (Å²) in [6.07, 6.45) is 1.55. The van der Waals surface area contributed by atoms with E-state index in [0.29, 0.717) is 0 Å². The molecule has 90 valence electrons. The van der Waals surface area contributed by atoms with E-state index < -0.39 is 23.2 Å². The smallest absolute Gasteiger partial charge is 0.339 e. The molecule has 0 fully saturated rings. The highest BCUT2D eigenvalue weighted by molar-refractivity contribution is 6.09. The van der Waals surface area contributed by atoms with Crippen LogP contribution in [-0.2, 0) is 19.1 Å². The Balaban J connectivity index is 5.02. The van der Waals surface area contributed by atoms with Gasteiger partial charge in [-0.15, -0.1) is 0 Å². The van der Waals surface area contributed by atoms with Crippen molar-refractivity contribution in [1.29, 1.82) is 0 Å². The fourth-order valence-electron chi connectivity index (χ4n) is 1.32. The van der Waals surface area contributed by atoms with Crippen LogP contribution in [0.3, 0.4) is 0 Å². The van der Waals surface area contributed by atoms with Crippen LogP contribution in [0.4, 0.5) is 0 Å². The third-order valence-electron chi connectivity index (χ3n) is 2.20. The molecule has 0 saturated heterocycles. The van der Waals surface area contributed by atoms with Gasteiger partial charge in [-0.3, -0.25) is 9.59 Å². The summed E-state index contributed by atoms with van der Waals surface area (Å²) in [5.74, 6) is -1.65. The summed E-state index contributed by atoms with van der Waals surface area (Å²) >= 11 is 0. The third kappa shape index (κ3) is 3.18. The molecule has 0 bridgehead atoms. The Kier molecular flexibility index (Phi) is 5.42. The van der Waals surface area contributed by atoms with E-state index in [1.807, 2.05) is 0 Å². The molecule has 0 aromatic carbocycles. The molecular formula is C11H17NO4. The van der Waals surface area contributed by atoms with Crippen LogP contribution in [0.2, 0.25) is 0 Å². The summed E-state index contributed by atoms with van der Waals surface area (Å²) in [5, 5.41) is 2.35. The van der Waals surface area contributed by atoms with E-state index in [1.54, 1.807) is 6.92 Å². The van der Waals surface area contributed by atoms with E-state index in [1.165, 1.54) is 19.9 Å². The fourth-order valence-corrected chi connectivity index (χ4v) is 1.32. The highest BCUT2D eigenvalue weighted by Crippen LogP contribution is 2.14. The fraction of sp³-hybridized carbons (Fsp3) is 0.545. The molecule has 0 heterocycles. The summed E-state index contributed by atoms with van der Waals surface area (Å²) < 4.78 is 4.82. The van der Waals surface area contributed by atoms with Crippen molar-refractivity contribution in [1.82, 2.24) is 5.32 Å². The van der Waals surface area contributed by atoms with Crippen LogP contribution in [0, 0.1) is 0 Å². The number of amides is 1. The maximum absolute atomic E-state index is 11.7. The summed E-state index contributed by atoms with van der Waals surface area (Å²) in [7, 11) is 0. The van der Waals surface area contributed by atoms with Gasteiger partial charge in [-0.1, -0.05) is 19.6 Å². The summed E-state index contributed by atoms with van der Waals surface area (Å²) in [5.41, 5.74) is -1.57. The van der Waals surface area contributed by atoms with Gasteiger partial charge < -0.3 is 10.1 Å². The molecule has 16 heavy (non-hydrogen) atoms. The van der Waals surface area contributed by atoms with Crippen molar-refractivity contribution in [3.05, 3.63) is 12.7 Å². The number of hydrogen-bond acceptors (Lipinski definition) is 4. The highest BCUT2D eigenvalue weighted by atomic mass is 16.5. The SMILES string of the molecule is C=CCOC(=O)C(CC)(NC(C)=O)C(C)=O. The quantitative estimate of drug-likeness (QED) is 0.409. The molecule has 1 amide bonds. The van der Waals surface area contributed by atoms with Gasteiger partial charge in [0.2, 0.25) is 5.91 Å². The largest absolute Gasteiger partial charge is 0.459 e. The zero-order chi connectivity index (χ0) is 12.8. The zero-order valence-corrected chi connectivity index (χ0v) is 9.83. The molecular weight excluding hydrogens is 210 g/mol. The Morgan fingerprint density at radius 1 is 1.38 bits per heavy atom. The second kappa shape index (κ2) is 6.05. The Hall–Kier alpha value is -1.65. The molecule has 0 radical (unpaired) electrons. The minimum Gasteiger partial charge on any atom is -0.459 e. The molecule has 5 heteroatoms. The van der Waals surface area contributed by atoms with Crippen molar-refractivity contribution in [3.63, 3.8) is 0 Å². The van der Waals surface area contributed by atoms with Crippen LogP contribution in [0.25, 0.3) is 0 Å². The van der Waals surface area contributed by atoms with E-state index in [-0.39, 0.29) is 13.0 Å². The molecule has 0 aliphatic carbocycles. The minimum atomic E-state index is -1.57. The number of ketones is 1. The Morgan fingerprint density at radius 2 is 1.94 bits per heavy atom. The first-order valence-corrected chi connectivity index (χ1v) is 4.98. The first kappa shape index (κ1) is 14.3.